The van der Waals surface area contributed by atoms with Crippen molar-refractivity contribution >= 4 is 22.8 Å². The van der Waals surface area contributed by atoms with Gasteiger partial charge in [-0.3, -0.25) is 4.79 Å². The first-order valence-corrected chi connectivity index (χ1v) is 9.32. The van der Waals surface area contributed by atoms with Crippen molar-refractivity contribution in [3.63, 3.8) is 0 Å². The number of ether oxygens (including phenoxy) is 1. The molecule has 0 atom stereocenters. The van der Waals surface area contributed by atoms with Crippen LogP contribution in [0.4, 0.5) is 0 Å². The maximum absolute atomic E-state index is 12.8. The van der Waals surface area contributed by atoms with Gasteiger partial charge in [-0.1, -0.05) is 23.9 Å². The van der Waals surface area contributed by atoms with Gasteiger partial charge in [-0.25, -0.2) is 24.3 Å². The van der Waals surface area contributed by atoms with Crippen molar-refractivity contribution in [1.29, 1.82) is 0 Å². The Morgan fingerprint density at radius 3 is 2.77 bits per heavy atom. The van der Waals surface area contributed by atoms with Crippen molar-refractivity contribution in [2.24, 2.45) is 0 Å². The molecular weight excluding hydrogens is 350 g/mol. The molecule has 3 aromatic heterocycles. The lowest BCUT2D eigenvalue weighted by atomic mass is 10.0. The summed E-state index contributed by atoms with van der Waals surface area (Å²) in [5.74, 6) is 0.590. The molecular formula is C18H21N5O2S. The molecule has 136 valence electrons. The third-order valence-electron chi connectivity index (χ3n) is 4.22. The average molecular weight is 371 g/mol. The van der Waals surface area contributed by atoms with E-state index >= 15 is 0 Å². The summed E-state index contributed by atoms with van der Waals surface area (Å²) in [5, 5.41) is 1.04. The van der Waals surface area contributed by atoms with Gasteiger partial charge in [-0.2, -0.15) is 0 Å². The van der Waals surface area contributed by atoms with E-state index in [1.807, 2.05) is 38.3 Å². The summed E-state index contributed by atoms with van der Waals surface area (Å²) >= 11 is 1.42. The zero-order chi connectivity index (χ0) is 18.9. The number of fused-ring (bicyclic) bond motifs is 1. The summed E-state index contributed by atoms with van der Waals surface area (Å²) < 4.78 is 8.81. The highest BCUT2D eigenvalue weighted by Crippen LogP contribution is 2.24. The second-order valence-corrected chi connectivity index (χ2v) is 6.95. The normalized spacial score (nSPS) is 11.8. The lowest BCUT2D eigenvalue weighted by molar-refractivity contribution is 0.0154. The average Bonchev–Trinajstić information content (AvgIpc) is 2.93. The molecule has 0 saturated carbocycles. The van der Waals surface area contributed by atoms with Crippen molar-refractivity contribution in [2.75, 3.05) is 13.4 Å². The second-order valence-electron chi connectivity index (χ2n) is 6.18. The molecule has 0 aliphatic rings. The molecule has 3 heterocycles. The number of allylic oxidation sites excluding steroid dienone is 1. The monoisotopic (exact) mass is 371 g/mol. The third kappa shape index (κ3) is 3.06. The lowest BCUT2D eigenvalue weighted by Crippen LogP contribution is -2.24. The molecule has 0 radical (unpaired) electrons. The molecule has 0 unspecified atom stereocenters. The lowest BCUT2D eigenvalue weighted by Gasteiger charge is -2.23. The van der Waals surface area contributed by atoms with Crippen LogP contribution in [-0.4, -0.2) is 37.7 Å². The van der Waals surface area contributed by atoms with Gasteiger partial charge in [0.15, 0.2) is 16.6 Å². The van der Waals surface area contributed by atoms with Gasteiger partial charge < -0.3 is 4.74 Å². The number of thioether (sulfide) groups is 1. The minimum absolute atomic E-state index is 0.175. The Bertz CT molecular complexity index is 1020. The van der Waals surface area contributed by atoms with Crippen molar-refractivity contribution in [3.8, 4) is 5.82 Å². The third-order valence-corrected chi connectivity index (χ3v) is 4.78. The van der Waals surface area contributed by atoms with Crippen molar-refractivity contribution < 1.29 is 4.74 Å². The molecule has 0 bridgehead atoms. The highest BCUT2D eigenvalue weighted by atomic mass is 32.2. The minimum Gasteiger partial charge on any atom is -0.373 e. The van der Waals surface area contributed by atoms with Crippen LogP contribution in [0.2, 0.25) is 0 Å². The molecule has 7 nitrogen and oxygen atoms in total. The van der Waals surface area contributed by atoms with E-state index in [1.54, 1.807) is 28.7 Å². The molecule has 0 aliphatic carbocycles. The highest BCUT2D eigenvalue weighted by Gasteiger charge is 2.23. The number of nitrogens with zero attached hydrogens (tertiary/aromatic N) is 5. The highest BCUT2D eigenvalue weighted by molar-refractivity contribution is 7.98. The fraction of sp³-hybridized carbons (Fsp3) is 0.333. The van der Waals surface area contributed by atoms with Crippen LogP contribution in [0.3, 0.4) is 0 Å². The van der Waals surface area contributed by atoms with Gasteiger partial charge in [0.05, 0.1) is 12.2 Å². The number of rotatable bonds is 6. The predicted molar refractivity (Wildman–Crippen MR) is 103 cm³/mol. The summed E-state index contributed by atoms with van der Waals surface area (Å²) in [6.45, 7) is 7.97. The molecule has 3 rings (SSSR count). The van der Waals surface area contributed by atoms with Crippen LogP contribution in [0.15, 0.2) is 47.0 Å². The predicted octanol–water partition coefficient (Wildman–Crippen LogP) is 2.77. The molecule has 0 N–H and O–H groups in total. The molecule has 0 amide bonds. The molecule has 0 aromatic carbocycles. The van der Waals surface area contributed by atoms with Crippen molar-refractivity contribution in [3.05, 3.63) is 53.1 Å². The van der Waals surface area contributed by atoms with Crippen LogP contribution < -0.4 is 5.56 Å². The van der Waals surface area contributed by atoms with Crippen LogP contribution in [0.1, 0.15) is 19.5 Å². The quantitative estimate of drug-likeness (QED) is 0.377. The smallest absolute Gasteiger partial charge is 0.278 e. The number of aromatic nitrogens is 5. The van der Waals surface area contributed by atoms with Gasteiger partial charge in [-0.15, -0.1) is 6.58 Å². The molecule has 0 fully saturated rings. The zero-order valence-corrected chi connectivity index (χ0v) is 16.1. The van der Waals surface area contributed by atoms with Gasteiger partial charge in [-0.05, 0) is 32.2 Å². The first-order valence-electron chi connectivity index (χ1n) is 8.09. The molecule has 3 aromatic rings. The summed E-state index contributed by atoms with van der Waals surface area (Å²) in [5.41, 5.74) is 0.556. The maximum atomic E-state index is 12.8. The Morgan fingerprint density at radius 1 is 1.35 bits per heavy atom. The van der Waals surface area contributed by atoms with Gasteiger partial charge in [0.25, 0.3) is 5.56 Å². The number of hydrogen-bond donors (Lipinski definition) is 0. The molecule has 0 spiro atoms. The minimum atomic E-state index is -0.554. The van der Waals surface area contributed by atoms with Crippen LogP contribution in [0.5, 0.6) is 0 Å². The zero-order valence-electron chi connectivity index (χ0n) is 15.3. The number of hydrogen-bond acceptors (Lipinski definition) is 6. The van der Waals surface area contributed by atoms with Crippen LogP contribution in [0, 0.1) is 0 Å². The van der Waals surface area contributed by atoms with Crippen LogP contribution in [-0.2, 0) is 16.9 Å². The Labute approximate surface area is 155 Å². The summed E-state index contributed by atoms with van der Waals surface area (Å²) in [4.78, 5) is 26.3. The summed E-state index contributed by atoms with van der Waals surface area (Å²) in [6.07, 6.45) is 5.13. The topological polar surface area (TPSA) is 74.8 Å². The Balaban J connectivity index is 2.33. The van der Waals surface area contributed by atoms with Gasteiger partial charge in [0, 0.05) is 13.3 Å². The second kappa shape index (κ2) is 7.05. The maximum Gasteiger partial charge on any atom is 0.278 e. The van der Waals surface area contributed by atoms with Crippen LogP contribution >= 0.6 is 11.8 Å². The standard InChI is InChI=1S/C18H21N5O2S/c1-6-10-22-16(24)12-11-19-17(26-5)21-15(12)23(22)14-9-7-8-13(20-14)18(2,3)25-4/h6-9,11H,1,10H2,2-5H3. The van der Waals surface area contributed by atoms with E-state index in [2.05, 4.69) is 16.5 Å². The van der Waals surface area contributed by atoms with E-state index in [9.17, 15) is 4.79 Å². The van der Waals surface area contributed by atoms with Gasteiger partial charge in [0.1, 0.15) is 11.0 Å². The summed E-state index contributed by atoms with van der Waals surface area (Å²) in [6, 6.07) is 5.63. The van der Waals surface area contributed by atoms with Gasteiger partial charge in [0.2, 0.25) is 0 Å². The van der Waals surface area contributed by atoms with E-state index < -0.39 is 5.60 Å². The molecule has 8 heteroatoms. The van der Waals surface area contributed by atoms with Crippen molar-refractivity contribution in [1.82, 2.24) is 24.3 Å². The van der Waals surface area contributed by atoms with E-state index in [1.165, 1.54) is 11.8 Å². The van der Waals surface area contributed by atoms with Crippen molar-refractivity contribution in [2.45, 2.75) is 31.1 Å². The van der Waals surface area contributed by atoms with E-state index in [4.69, 9.17) is 9.72 Å². The Kier molecular flexibility index (Phi) is 4.97. The molecule has 0 saturated heterocycles. The SMILES string of the molecule is C=CCn1c(=O)c2cnc(SC)nc2n1-c1cccc(C(C)(C)OC)n1. The Morgan fingerprint density at radius 2 is 2.12 bits per heavy atom. The molecule has 26 heavy (non-hydrogen) atoms. The van der Waals surface area contributed by atoms with E-state index in [0.717, 1.165) is 5.69 Å². The first-order chi connectivity index (χ1) is 12.4. The van der Waals surface area contributed by atoms with Crippen LogP contribution in [0.25, 0.3) is 16.9 Å². The van der Waals surface area contributed by atoms with Gasteiger partial charge >= 0.3 is 0 Å². The van der Waals surface area contributed by atoms with E-state index in [0.29, 0.717) is 28.6 Å². The largest absolute Gasteiger partial charge is 0.373 e. The number of methoxy groups -OCH3 is 1. The fourth-order valence-electron chi connectivity index (χ4n) is 2.61. The van der Waals surface area contributed by atoms with E-state index in [-0.39, 0.29) is 5.56 Å². The number of pyridine rings is 1. The Hall–Kier alpha value is -2.45. The molecule has 0 aliphatic heterocycles. The summed E-state index contributed by atoms with van der Waals surface area (Å²) in [7, 11) is 1.64. The fourth-order valence-corrected chi connectivity index (χ4v) is 2.95. The first kappa shape index (κ1) is 18.3.